The number of nitrogen functional groups attached to an aromatic ring is 1. The van der Waals surface area contributed by atoms with Gasteiger partial charge < -0.3 is 10.7 Å². The van der Waals surface area contributed by atoms with Crippen molar-refractivity contribution in [2.24, 2.45) is 5.84 Å². The molecule has 2 heterocycles. The Balaban J connectivity index is 2.10. The van der Waals surface area contributed by atoms with Gasteiger partial charge >= 0.3 is 0 Å². The van der Waals surface area contributed by atoms with E-state index in [2.05, 4.69) is 22.7 Å². The summed E-state index contributed by atoms with van der Waals surface area (Å²) in [6, 6.07) is 2.72. The number of nitrogens with zero attached hydrogens (tertiary/aromatic N) is 2. The van der Waals surface area contributed by atoms with Gasteiger partial charge in [0.15, 0.2) is 0 Å². The van der Waals surface area contributed by atoms with Crippen LogP contribution in [0.25, 0.3) is 0 Å². The molecule has 1 aromatic heterocycles. The van der Waals surface area contributed by atoms with Crippen LogP contribution in [-0.4, -0.2) is 27.0 Å². The van der Waals surface area contributed by atoms with Gasteiger partial charge in [0, 0.05) is 11.3 Å². The fourth-order valence-electron chi connectivity index (χ4n) is 2.04. The molecule has 0 radical (unpaired) electrons. The number of nitro groups is 1. The predicted molar refractivity (Wildman–Crippen MR) is 77.3 cm³/mol. The number of hydrazine groups is 1. The first-order valence-corrected chi connectivity index (χ1v) is 7.02. The Labute approximate surface area is 115 Å². The molecule has 8 heteroatoms. The van der Waals surface area contributed by atoms with Crippen molar-refractivity contribution in [1.82, 2.24) is 4.98 Å². The molecule has 0 aromatic carbocycles. The molecule has 1 aliphatic rings. The molecule has 1 saturated heterocycles. The molecule has 104 valence electrons. The molecular formula is C11H17N5O2S. The summed E-state index contributed by atoms with van der Waals surface area (Å²) in [4.78, 5) is 14.5. The van der Waals surface area contributed by atoms with Gasteiger partial charge in [0.25, 0.3) is 5.69 Å². The average Bonchev–Trinajstić information content (AvgIpc) is 2.83. The monoisotopic (exact) mass is 283 g/mol. The van der Waals surface area contributed by atoms with E-state index >= 15 is 0 Å². The molecule has 4 N–H and O–H groups in total. The largest absolute Gasteiger partial charge is 0.368 e. The average molecular weight is 283 g/mol. The summed E-state index contributed by atoms with van der Waals surface area (Å²) in [5, 5.41) is 14.0. The quantitative estimate of drug-likeness (QED) is 0.431. The van der Waals surface area contributed by atoms with Crippen molar-refractivity contribution in [3.63, 3.8) is 0 Å². The van der Waals surface area contributed by atoms with Gasteiger partial charge in [0.1, 0.15) is 11.6 Å². The third-order valence-corrected chi connectivity index (χ3v) is 4.65. The maximum absolute atomic E-state index is 10.8. The predicted octanol–water partition coefficient (Wildman–Crippen LogP) is 1.97. The molecule has 1 atom stereocenters. The van der Waals surface area contributed by atoms with Crippen molar-refractivity contribution in [2.45, 2.75) is 24.5 Å². The lowest BCUT2D eigenvalue weighted by Gasteiger charge is -2.23. The standard InChI is InChI=1S/C11H17N5O2S/c1-11(3-2-4-19-11)7-13-9-5-8(16(17)18)6-10(14-9)15-12/h5-6H,2-4,7,12H2,1H3,(H2,13,14,15). The molecule has 7 nitrogen and oxygen atoms in total. The highest BCUT2D eigenvalue weighted by Crippen LogP contribution is 2.37. The SMILES string of the molecule is CC1(CNc2cc([N+](=O)[O-])cc(NN)n2)CCCS1. The van der Waals surface area contributed by atoms with E-state index < -0.39 is 4.92 Å². The molecule has 1 aliphatic heterocycles. The van der Waals surface area contributed by atoms with E-state index in [1.807, 2.05) is 11.8 Å². The van der Waals surface area contributed by atoms with Gasteiger partial charge in [0.2, 0.25) is 0 Å². The van der Waals surface area contributed by atoms with Gasteiger partial charge in [-0.25, -0.2) is 10.8 Å². The van der Waals surface area contributed by atoms with Crippen molar-refractivity contribution >= 4 is 29.1 Å². The number of anilines is 2. The van der Waals surface area contributed by atoms with Crippen LogP contribution in [0.4, 0.5) is 17.3 Å². The Morgan fingerprint density at radius 3 is 2.89 bits per heavy atom. The van der Waals surface area contributed by atoms with Crippen LogP contribution in [0.5, 0.6) is 0 Å². The van der Waals surface area contributed by atoms with Crippen LogP contribution in [0.1, 0.15) is 19.8 Å². The smallest absolute Gasteiger partial charge is 0.276 e. The number of pyridine rings is 1. The molecule has 2 rings (SSSR count). The molecule has 19 heavy (non-hydrogen) atoms. The van der Waals surface area contributed by atoms with E-state index in [-0.39, 0.29) is 16.3 Å². The lowest BCUT2D eigenvalue weighted by Crippen LogP contribution is -2.27. The summed E-state index contributed by atoms with van der Waals surface area (Å²) in [6.07, 6.45) is 2.35. The normalized spacial score (nSPS) is 22.2. The van der Waals surface area contributed by atoms with E-state index in [4.69, 9.17) is 5.84 Å². The van der Waals surface area contributed by atoms with Crippen molar-refractivity contribution < 1.29 is 4.92 Å². The van der Waals surface area contributed by atoms with Gasteiger partial charge in [-0.1, -0.05) is 0 Å². The van der Waals surface area contributed by atoms with Crippen LogP contribution < -0.4 is 16.6 Å². The van der Waals surface area contributed by atoms with Gasteiger partial charge in [-0.15, -0.1) is 0 Å². The number of hydrogen-bond acceptors (Lipinski definition) is 7. The Morgan fingerprint density at radius 2 is 2.32 bits per heavy atom. The summed E-state index contributed by atoms with van der Waals surface area (Å²) in [7, 11) is 0. The summed E-state index contributed by atoms with van der Waals surface area (Å²) in [5.41, 5.74) is 2.31. The molecule has 1 fully saturated rings. The minimum atomic E-state index is -0.459. The molecule has 0 aliphatic carbocycles. The minimum absolute atomic E-state index is 0.0327. The fourth-order valence-corrected chi connectivity index (χ4v) is 3.28. The van der Waals surface area contributed by atoms with Crippen LogP contribution in [0.15, 0.2) is 12.1 Å². The highest BCUT2D eigenvalue weighted by molar-refractivity contribution is 8.00. The van der Waals surface area contributed by atoms with E-state index in [1.165, 1.54) is 18.6 Å². The summed E-state index contributed by atoms with van der Waals surface area (Å²) >= 11 is 1.92. The first-order valence-electron chi connectivity index (χ1n) is 6.03. The summed E-state index contributed by atoms with van der Waals surface area (Å²) in [6.45, 7) is 2.92. The van der Waals surface area contributed by atoms with Crippen LogP contribution in [0, 0.1) is 10.1 Å². The highest BCUT2D eigenvalue weighted by Gasteiger charge is 2.29. The van der Waals surface area contributed by atoms with Crippen molar-refractivity contribution in [1.29, 1.82) is 0 Å². The van der Waals surface area contributed by atoms with Gasteiger partial charge in [-0.05, 0) is 25.5 Å². The topological polar surface area (TPSA) is 106 Å². The number of nitrogens with two attached hydrogens (primary N) is 1. The maximum atomic E-state index is 10.8. The van der Waals surface area contributed by atoms with Crippen molar-refractivity contribution in [3.05, 3.63) is 22.2 Å². The zero-order valence-electron chi connectivity index (χ0n) is 10.7. The molecular weight excluding hydrogens is 266 g/mol. The Bertz CT molecular complexity index is 476. The summed E-state index contributed by atoms with van der Waals surface area (Å²) < 4.78 is 0.169. The number of rotatable bonds is 5. The zero-order chi connectivity index (χ0) is 13.9. The lowest BCUT2D eigenvalue weighted by atomic mass is 10.1. The van der Waals surface area contributed by atoms with Crippen molar-refractivity contribution in [2.75, 3.05) is 23.0 Å². The van der Waals surface area contributed by atoms with Crippen LogP contribution in [0.2, 0.25) is 0 Å². The maximum Gasteiger partial charge on any atom is 0.276 e. The van der Waals surface area contributed by atoms with Crippen molar-refractivity contribution in [3.8, 4) is 0 Å². The van der Waals surface area contributed by atoms with Gasteiger partial charge in [-0.3, -0.25) is 10.1 Å². The molecule has 0 bridgehead atoms. The fraction of sp³-hybridized carbons (Fsp3) is 0.545. The second-order valence-corrected chi connectivity index (χ2v) is 6.44. The zero-order valence-corrected chi connectivity index (χ0v) is 11.5. The van der Waals surface area contributed by atoms with E-state index in [1.54, 1.807) is 0 Å². The third-order valence-electron chi connectivity index (χ3n) is 3.11. The Hall–Kier alpha value is -1.54. The van der Waals surface area contributed by atoms with E-state index in [0.717, 1.165) is 18.7 Å². The second-order valence-electron chi connectivity index (χ2n) is 4.75. The first kappa shape index (κ1) is 13.9. The first-order chi connectivity index (χ1) is 9.02. The van der Waals surface area contributed by atoms with Crippen LogP contribution in [0.3, 0.4) is 0 Å². The molecule has 1 aromatic rings. The molecule has 0 spiro atoms. The number of nitrogens with one attached hydrogen (secondary N) is 2. The number of aromatic nitrogens is 1. The summed E-state index contributed by atoms with van der Waals surface area (Å²) in [5.74, 6) is 7.17. The van der Waals surface area contributed by atoms with E-state index in [0.29, 0.717) is 5.82 Å². The number of hydrogen-bond donors (Lipinski definition) is 3. The Morgan fingerprint density at radius 1 is 1.58 bits per heavy atom. The molecule has 1 unspecified atom stereocenters. The Kier molecular flexibility index (Phi) is 4.11. The van der Waals surface area contributed by atoms with Crippen LogP contribution >= 0.6 is 11.8 Å². The molecule has 0 saturated carbocycles. The highest BCUT2D eigenvalue weighted by atomic mass is 32.2. The van der Waals surface area contributed by atoms with Gasteiger partial charge in [-0.2, -0.15) is 11.8 Å². The molecule has 0 amide bonds. The lowest BCUT2D eigenvalue weighted by molar-refractivity contribution is -0.384. The van der Waals surface area contributed by atoms with Gasteiger partial charge in [0.05, 0.1) is 17.1 Å². The minimum Gasteiger partial charge on any atom is -0.368 e. The number of thioether (sulfide) groups is 1. The van der Waals surface area contributed by atoms with E-state index in [9.17, 15) is 10.1 Å². The van der Waals surface area contributed by atoms with Crippen LogP contribution in [-0.2, 0) is 0 Å². The third kappa shape index (κ3) is 3.48. The second kappa shape index (κ2) is 5.62.